The molecular weight excluding hydrogens is 234 g/mol. The maximum atomic E-state index is 11.4. The van der Waals surface area contributed by atoms with E-state index in [2.05, 4.69) is 10.3 Å². The van der Waals surface area contributed by atoms with Crippen LogP contribution in [0.4, 0.5) is 0 Å². The molecule has 0 unspecified atom stereocenters. The van der Waals surface area contributed by atoms with Crippen LogP contribution in [0.25, 0.3) is 0 Å². The molecule has 0 radical (unpaired) electrons. The molecule has 0 bridgehead atoms. The highest BCUT2D eigenvalue weighted by molar-refractivity contribution is 5.77. The lowest BCUT2D eigenvalue weighted by atomic mass is 10.1. The number of nitrogens with zero attached hydrogens (tertiary/aromatic N) is 2. The molecule has 18 heavy (non-hydrogen) atoms. The molecular formula is C12H19N3O3. The Morgan fingerprint density at radius 3 is 2.72 bits per heavy atom. The van der Waals surface area contributed by atoms with Crippen molar-refractivity contribution in [3.63, 3.8) is 0 Å². The highest BCUT2D eigenvalue weighted by atomic mass is 16.3. The Hall–Kier alpha value is -1.66. The number of aryl methyl sites for hydroxylation is 1. The van der Waals surface area contributed by atoms with Crippen LogP contribution in [0.2, 0.25) is 0 Å². The van der Waals surface area contributed by atoms with Crippen molar-refractivity contribution >= 4 is 5.91 Å². The van der Waals surface area contributed by atoms with Crippen LogP contribution in [0.15, 0.2) is 6.20 Å². The van der Waals surface area contributed by atoms with Crippen molar-refractivity contribution in [2.75, 3.05) is 20.6 Å². The van der Waals surface area contributed by atoms with Crippen LogP contribution in [0.3, 0.4) is 0 Å². The molecule has 1 aromatic heterocycles. The standard InChI is InChI=1S/C12H19N3O3/c1-8-12(18)10(9(7-16)4-14-8)5-13-6-11(17)15(2)3/h4,13,16,18H,5-7H2,1-3H3. The summed E-state index contributed by atoms with van der Waals surface area (Å²) in [5.41, 5.74) is 1.64. The van der Waals surface area contributed by atoms with Gasteiger partial charge < -0.3 is 20.4 Å². The van der Waals surface area contributed by atoms with Crippen molar-refractivity contribution in [1.29, 1.82) is 0 Å². The second-order valence-corrected chi connectivity index (χ2v) is 4.25. The van der Waals surface area contributed by atoms with Gasteiger partial charge in [0.15, 0.2) is 0 Å². The summed E-state index contributed by atoms with van der Waals surface area (Å²) in [6, 6.07) is 0. The van der Waals surface area contributed by atoms with Gasteiger partial charge in [-0.05, 0) is 6.92 Å². The summed E-state index contributed by atoms with van der Waals surface area (Å²) in [5.74, 6) is 0.0113. The number of aromatic hydroxyl groups is 1. The van der Waals surface area contributed by atoms with Crippen LogP contribution in [0.1, 0.15) is 16.8 Å². The zero-order valence-electron chi connectivity index (χ0n) is 10.9. The van der Waals surface area contributed by atoms with Gasteiger partial charge in [-0.15, -0.1) is 0 Å². The van der Waals surface area contributed by atoms with Crippen molar-refractivity contribution in [1.82, 2.24) is 15.2 Å². The number of hydrogen-bond donors (Lipinski definition) is 3. The maximum Gasteiger partial charge on any atom is 0.236 e. The number of aromatic nitrogens is 1. The van der Waals surface area contributed by atoms with Gasteiger partial charge in [0.25, 0.3) is 0 Å². The Morgan fingerprint density at radius 1 is 1.50 bits per heavy atom. The maximum absolute atomic E-state index is 11.4. The van der Waals surface area contributed by atoms with Gasteiger partial charge in [0.2, 0.25) is 5.91 Å². The minimum absolute atomic E-state index is 0.0502. The van der Waals surface area contributed by atoms with E-state index < -0.39 is 0 Å². The van der Waals surface area contributed by atoms with Crippen LogP contribution >= 0.6 is 0 Å². The molecule has 1 aromatic rings. The minimum Gasteiger partial charge on any atom is -0.506 e. The molecule has 100 valence electrons. The summed E-state index contributed by atoms with van der Waals surface area (Å²) in [7, 11) is 3.36. The molecule has 1 amide bonds. The molecule has 0 saturated carbocycles. The van der Waals surface area contributed by atoms with Gasteiger partial charge in [0.05, 0.1) is 18.8 Å². The Labute approximate surface area is 106 Å². The van der Waals surface area contributed by atoms with E-state index in [1.165, 1.54) is 11.1 Å². The number of aliphatic hydroxyl groups is 1. The molecule has 6 heteroatoms. The zero-order valence-corrected chi connectivity index (χ0v) is 10.9. The molecule has 0 saturated heterocycles. The average molecular weight is 253 g/mol. The molecule has 1 heterocycles. The third-order valence-electron chi connectivity index (χ3n) is 2.68. The van der Waals surface area contributed by atoms with Crippen molar-refractivity contribution < 1.29 is 15.0 Å². The second-order valence-electron chi connectivity index (χ2n) is 4.25. The molecule has 0 spiro atoms. The van der Waals surface area contributed by atoms with Crippen LogP contribution in [0, 0.1) is 6.92 Å². The van der Waals surface area contributed by atoms with Crippen molar-refractivity contribution in [3.8, 4) is 5.75 Å². The number of carbonyl (C=O) groups is 1. The monoisotopic (exact) mass is 253 g/mol. The van der Waals surface area contributed by atoms with Crippen LogP contribution in [0.5, 0.6) is 5.75 Å². The fourth-order valence-electron chi connectivity index (χ4n) is 1.47. The highest BCUT2D eigenvalue weighted by Gasteiger charge is 2.11. The van der Waals surface area contributed by atoms with Gasteiger partial charge in [-0.25, -0.2) is 0 Å². The Kier molecular flexibility index (Phi) is 5.06. The third-order valence-corrected chi connectivity index (χ3v) is 2.68. The molecule has 3 N–H and O–H groups in total. The number of carbonyl (C=O) groups excluding carboxylic acids is 1. The fraction of sp³-hybridized carbons (Fsp3) is 0.500. The first-order valence-corrected chi connectivity index (χ1v) is 5.65. The molecule has 0 atom stereocenters. The number of rotatable bonds is 5. The molecule has 0 fully saturated rings. The minimum atomic E-state index is -0.195. The zero-order chi connectivity index (χ0) is 13.7. The predicted molar refractivity (Wildman–Crippen MR) is 67.0 cm³/mol. The summed E-state index contributed by atoms with van der Waals surface area (Å²) in [6.45, 7) is 1.98. The number of hydrogen-bond acceptors (Lipinski definition) is 5. The lowest BCUT2D eigenvalue weighted by molar-refractivity contribution is -0.127. The largest absolute Gasteiger partial charge is 0.506 e. The number of likely N-dealkylation sites (N-methyl/N-ethyl adjacent to an activating group) is 1. The van der Waals surface area contributed by atoms with E-state index in [1.54, 1.807) is 21.0 Å². The van der Waals surface area contributed by atoms with E-state index in [9.17, 15) is 15.0 Å². The van der Waals surface area contributed by atoms with Crippen molar-refractivity contribution in [3.05, 3.63) is 23.0 Å². The van der Waals surface area contributed by atoms with E-state index in [0.717, 1.165) is 0 Å². The van der Waals surface area contributed by atoms with Crippen LogP contribution in [-0.4, -0.2) is 46.6 Å². The van der Waals surface area contributed by atoms with Gasteiger partial charge in [0, 0.05) is 38.0 Å². The molecule has 6 nitrogen and oxygen atoms in total. The van der Waals surface area contributed by atoms with Gasteiger partial charge >= 0.3 is 0 Å². The fourth-order valence-corrected chi connectivity index (χ4v) is 1.47. The summed E-state index contributed by atoms with van der Waals surface area (Å²) in [4.78, 5) is 16.8. The van der Waals surface area contributed by atoms with E-state index in [-0.39, 0.29) is 24.8 Å². The number of aliphatic hydroxyl groups excluding tert-OH is 1. The summed E-state index contributed by atoms with van der Waals surface area (Å²) >= 11 is 0. The lowest BCUT2D eigenvalue weighted by Gasteiger charge is -2.14. The normalized spacial score (nSPS) is 10.4. The van der Waals surface area contributed by atoms with Gasteiger partial charge in [-0.1, -0.05) is 0 Å². The van der Waals surface area contributed by atoms with Gasteiger partial charge in [-0.2, -0.15) is 0 Å². The van der Waals surface area contributed by atoms with E-state index >= 15 is 0 Å². The van der Waals surface area contributed by atoms with Gasteiger partial charge in [0.1, 0.15) is 5.75 Å². The first-order chi connectivity index (χ1) is 8.47. The molecule has 0 aromatic carbocycles. The molecule has 0 aliphatic rings. The Bertz CT molecular complexity index is 433. The molecule has 0 aliphatic heterocycles. The third kappa shape index (κ3) is 3.41. The van der Waals surface area contributed by atoms with Crippen LogP contribution in [-0.2, 0) is 17.9 Å². The van der Waals surface area contributed by atoms with Crippen molar-refractivity contribution in [2.24, 2.45) is 0 Å². The first-order valence-electron chi connectivity index (χ1n) is 5.65. The van der Waals surface area contributed by atoms with Crippen LogP contribution < -0.4 is 5.32 Å². The smallest absolute Gasteiger partial charge is 0.236 e. The predicted octanol–water partition coefficient (Wildman–Crippen LogP) is -0.234. The second kappa shape index (κ2) is 6.32. The number of amides is 1. The number of nitrogens with one attached hydrogen (secondary N) is 1. The first kappa shape index (κ1) is 14.4. The molecule has 1 rings (SSSR count). The molecule has 0 aliphatic carbocycles. The topological polar surface area (TPSA) is 85.7 Å². The van der Waals surface area contributed by atoms with Gasteiger partial charge in [-0.3, -0.25) is 9.78 Å². The Balaban J connectivity index is 2.72. The van der Waals surface area contributed by atoms with E-state index in [4.69, 9.17) is 0 Å². The summed E-state index contributed by atoms with van der Waals surface area (Å²) in [6.07, 6.45) is 1.53. The van der Waals surface area contributed by atoms with E-state index in [1.807, 2.05) is 0 Å². The Morgan fingerprint density at radius 2 is 2.17 bits per heavy atom. The quantitative estimate of drug-likeness (QED) is 0.674. The van der Waals surface area contributed by atoms with Crippen molar-refractivity contribution in [2.45, 2.75) is 20.1 Å². The van der Waals surface area contributed by atoms with E-state index in [0.29, 0.717) is 23.4 Å². The summed E-state index contributed by atoms with van der Waals surface area (Å²) in [5, 5.41) is 22.0. The lowest BCUT2D eigenvalue weighted by Crippen LogP contribution is -2.32. The summed E-state index contributed by atoms with van der Waals surface area (Å²) < 4.78 is 0. The highest BCUT2D eigenvalue weighted by Crippen LogP contribution is 2.23. The average Bonchev–Trinajstić information content (AvgIpc) is 2.34. The number of pyridine rings is 1. The SMILES string of the molecule is Cc1ncc(CO)c(CNCC(=O)N(C)C)c1O.